The second-order valence-electron chi connectivity index (χ2n) is 5.12. The smallest absolute Gasteiger partial charge is 0.329 e. The van der Waals surface area contributed by atoms with Crippen LogP contribution in [0.2, 0.25) is 0 Å². The lowest BCUT2D eigenvalue weighted by Crippen LogP contribution is -2.52. The van der Waals surface area contributed by atoms with Crippen LogP contribution in [0.15, 0.2) is 0 Å². The normalized spacial score (nSPS) is 21.7. The zero-order valence-electron chi connectivity index (χ0n) is 10.2. The molecule has 1 saturated heterocycles. The van der Waals surface area contributed by atoms with E-state index in [1.54, 1.807) is 4.90 Å². The molecule has 1 aliphatic heterocycles. The molecule has 0 aromatic heterocycles. The number of guanidine groups is 1. The molecule has 1 aliphatic rings. The molecule has 1 heterocycles. The SMILES string of the molecule is CC(C)(C)OC(=O)C1CCCCN1C(=N)N. The molecule has 3 N–H and O–H groups in total. The molecule has 0 amide bonds. The van der Waals surface area contributed by atoms with Gasteiger partial charge in [-0.3, -0.25) is 5.41 Å². The van der Waals surface area contributed by atoms with Crippen molar-refractivity contribution in [3.05, 3.63) is 0 Å². The summed E-state index contributed by atoms with van der Waals surface area (Å²) in [4.78, 5) is 13.5. The number of rotatable bonds is 1. The van der Waals surface area contributed by atoms with Gasteiger partial charge in [0.05, 0.1) is 0 Å². The number of hydrogen-bond donors (Lipinski definition) is 2. The fraction of sp³-hybridized carbons (Fsp3) is 0.818. The third-order valence-electron chi connectivity index (χ3n) is 2.49. The lowest BCUT2D eigenvalue weighted by Gasteiger charge is -2.35. The summed E-state index contributed by atoms with van der Waals surface area (Å²) in [5, 5.41) is 7.44. The van der Waals surface area contributed by atoms with Crippen molar-refractivity contribution in [3.8, 4) is 0 Å². The first-order valence-electron chi connectivity index (χ1n) is 5.65. The van der Waals surface area contributed by atoms with E-state index in [1.807, 2.05) is 20.8 Å². The average Bonchev–Trinajstić information content (AvgIpc) is 2.15. The molecule has 5 heteroatoms. The quantitative estimate of drug-likeness (QED) is 0.399. The molecule has 1 atom stereocenters. The highest BCUT2D eigenvalue weighted by atomic mass is 16.6. The predicted octanol–water partition coefficient (Wildman–Crippen LogP) is 1.08. The highest BCUT2D eigenvalue weighted by Crippen LogP contribution is 2.20. The summed E-state index contributed by atoms with van der Waals surface area (Å²) in [5.74, 6) is -0.321. The summed E-state index contributed by atoms with van der Waals surface area (Å²) >= 11 is 0. The van der Waals surface area contributed by atoms with Gasteiger partial charge in [0.1, 0.15) is 11.6 Å². The van der Waals surface area contributed by atoms with Gasteiger partial charge >= 0.3 is 5.97 Å². The van der Waals surface area contributed by atoms with Gasteiger partial charge in [-0.05, 0) is 40.0 Å². The highest BCUT2D eigenvalue weighted by Gasteiger charge is 2.32. The van der Waals surface area contributed by atoms with E-state index < -0.39 is 5.60 Å². The van der Waals surface area contributed by atoms with Crippen LogP contribution in [0.25, 0.3) is 0 Å². The fourth-order valence-corrected chi connectivity index (χ4v) is 1.83. The van der Waals surface area contributed by atoms with Crippen molar-refractivity contribution in [2.24, 2.45) is 5.73 Å². The van der Waals surface area contributed by atoms with E-state index in [4.69, 9.17) is 15.9 Å². The molecule has 1 fully saturated rings. The zero-order valence-corrected chi connectivity index (χ0v) is 10.2. The lowest BCUT2D eigenvalue weighted by atomic mass is 10.0. The van der Waals surface area contributed by atoms with Crippen molar-refractivity contribution in [3.63, 3.8) is 0 Å². The maximum Gasteiger partial charge on any atom is 0.329 e. The van der Waals surface area contributed by atoms with Crippen LogP contribution in [0.3, 0.4) is 0 Å². The van der Waals surface area contributed by atoms with Gasteiger partial charge < -0.3 is 15.4 Å². The minimum atomic E-state index is -0.489. The maximum absolute atomic E-state index is 11.9. The second kappa shape index (κ2) is 4.72. The van der Waals surface area contributed by atoms with Crippen molar-refractivity contribution in [2.75, 3.05) is 6.54 Å². The van der Waals surface area contributed by atoms with Crippen molar-refractivity contribution in [1.82, 2.24) is 4.90 Å². The zero-order chi connectivity index (χ0) is 12.3. The number of carbonyl (C=O) groups is 1. The summed E-state index contributed by atoms with van der Waals surface area (Å²) in [6, 6.07) is -0.384. The van der Waals surface area contributed by atoms with Crippen LogP contribution >= 0.6 is 0 Å². The van der Waals surface area contributed by atoms with E-state index in [1.165, 1.54) is 0 Å². The average molecular weight is 227 g/mol. The summed E-state index contributed by atoms with van der Waals surface area (Å²) in [6.07, 6.45) is 2.67. The van der Waals surface area contributed by atoms with E-state index in [-0.39, 0.29) is 18.0 Å². The lowest BCUT2D eigenvalue weighted by molar-refractivity contribution is -0.161. The van der Waals surface area contributed by atoms with E-state index in [0.29, 0.717) is 13.0 Å². The van der Waals surface area contributed by atoms with Crippen LogP contribution in [-0.2, 0) is 9.53 Å². The Hall–Kier alpha value is -1.26. The molecule has 92 valence electrons. The minimum Gasteiger partial charge on any atom is -0.458 e. The van der Waals surface area contributed by atoms with Crippen molar-refractivity contribution in [2.45, 2.75) is 51.7 Å². The molecule has 1 rings (SSSR count). The summed E-state index contributed by atoms with van der Waals surface area (Å²) < 4.78 is 5.32. The third kappa shape index (κ3) is 3.40. The van der Waals surface area contributed by atoms with Gasteiger partial charge in [-0.15, -0.1) is 0 Å². The monoisotopic (exact) mass is 227 g/mol. The van der Waals surface area contributed by atoms with Crippen LogP contribution < -0.4 is 5.73 Å². The number of nitrogens with one attached hydrogen (secondary N) is 1. The second-order valence-corrected chi connectivity index (χ2v) is 5.12. The number of esters is 1. The molecule has 5 nitrogen and oxygen atoms in total. The molecular formula is C11H21N3O2. The van der Waals surface area contributed by atoms with E-state index in [0.717, 1.165) is 12.8 Å². The van der Waals surface area contributed by atoms with E-state index in [2.05, 4.69) is 0 Å². The van der Waals surface area contributed by atoms with Crippen LogP contribution in [0.1, 0.15) is 40.0 Å². The Labute approximate surface area is 96.4 Å². The van der Waals surface area contributed by atoms with E-state index >= 15 is 0 Å². The fourth-order valence-electron chi connectivity index (χ4n) is 1.83. The van der Waals surface area contributed by atoms with Gasteiger partial charge in [-0.2, -0.15) is 0 Å². The largest absolute Gasteiger partial charge is 0.458 e. The first-order valence-corrected chi connectivity index (χ1v) is 5.65. The van der Waals surface area contributed by atoms with Gasteiger partial charge in [0.15, 0.2) is 5.96 Å². The molecular weight excluding hydrogens is 206 g/mol. The molecule has 0 saturated carbocycles. The van der Waals surface area contributed by atoms with Gasteiger partial charge in [0, 0.05) is 6.54 Å². The van der Waals surface area contributed by atoms with Crippen LogP contribution in [0.5, 0.6) is 0 Å². The third-order valence-corrected chi connectivity index (χ3v) is 2.49. The van der Waals surface area contributed by atoms with Gasteiger partial charge in [0.2, 0.25) is 0 Å². The molecule has 16 heavy (non-hydrogen) atoms. The topological polar surface area (TPSA) is 79.4 Å². The van der Waals surface area contributed by atoms with Gasteiger partial charge in [-0.25, -0.2) is 4.79 Å². The Morgan fingerprint density at radius 1 is 1.44 bits per heavy atom. The van der Waals surface area contributed by atoms with Crippen molar-refractivity contribution in [1.29, 1.82) is 5.41 Å². The molecule has 0 bridgehead atoms. The Morgan fingerprint density at radius 3 is 2.56 bits per heavy atom. The molecule has 0 radical (unpaired) electrons. The van der Waals surface area contributed by atoms with E-state index in [9.17, 15) is 4.79 Å². The Balaban J connectivity index is 2.68. The predicted molar refractivity (Wildman–Crippen MR) is 62.1 cm³/mol. The summed E-state index contributed by atoms with van der Waals surface area (Å²) in [5.41, 5.74) is 4.97. The highest BCUT2D eigenvalue weighted by molar-refractivity contribution is 5.84. The van der Waals surface area contributed by atoms with Gasteiger partial charge in [0.25, 0.3) is 0 Å². The van der Waals surface area contributed by atoms with Crippen molar-refractivity contribution >= 4 is 11.9 Å². The standard InChI is InChI=1S/C11H21N3O2/c1-11(2,3)16-9(15)8-6-4-5-7-14(8)10(12)13/h8H,4-7H2,1-3H3,(H3,12,13). The number of nitrogens with zero attached hydrogens (tertiary/aromatic N) is 1. The van der Waals surface area contributed by atoms with Gasteiger partial charge in [-0.1, -0.05) is 0 Å². The number of likely N-dealkylation sites (tertiary alicyclic amines) is 1. The number of hydrogen-bond acceptors (Lipinski definition) is 3. The first kappa shape index (κ1) is 12.8. The summed E-state index contributed by atoms with van der Waals surface area (Å²) in [7, 11) is 0. The molecule has 0 spiro atoms. The van der Waals surface area contributed by atoms with Crippen LogP contribution in [0.4, 0.5) is 0 Å². The molecule has 0 aromatic carbocycles. The molecule has 0 aliphatic carbocycles. The Bertz CT molecular complexity index is 283. The van der Waals surface area contributed by atoms with Crippen molar-refractivity contribution < 1.29 is 9.53 Å². The Morgan fingerprint density at radius 2 is 2.06 bits per heavy atom. The van der Waals surface area contributed by atoms with Crippen LogP contribution in [-0.4, -0.2) is 35.0 Å². The maximum atomic E-state index is 11.9. The molecule has 0 aromatic rings. The number of nitrogens with two attached hydrogens (primary N) is 1. The summed E-state index contributed by atoms with van der Waals surface area (Å²) in [6.45, 7) is 6.18. The number of ether oxygens (including phenoxy) is 1. The molecule has 1 unspecified atom stereocenters. The Kier molecular flexibility index (Phi) is 3.78. The first-order chi connectivity index (χ1) is 7.31. The number of piperidine rings is 1. The minimum absolute atomic E-state index is 0.0458. The number of carbonyl (C=O) groups excluding carboxylic acids is 1. The van der Waals surface area contributed by atoms with Crippen LogP contribution in [0, 0.1) is 5.41 Å².